The van der Waals surface area contributed by atoms with Crippen LogP contribution in [0.3, 0.4) is 0 Å². The third-order valence-corrected chi connectivity index (χ3v) is 7.73. The van der Waals surface area contributed by atoms with E-state index in [0.717, 1.165) is 27.3 Å². The molecule has 1 amide bonds. The molecule has 7 heteroatoms. The summed E-state index contributed by atoms with van der Waals surface area (Å²) in [6.45, 7) is 10.1. The molecule has 1 aliphatic heterocycles. The number of hydrogen-bond acceptors (Lipinski definition) is 3. The van der Waals surface area contributed by atoms with Crippen LogP contribution in [-0.4, -0.2) is 50.9 Å². The lowest BCUT2D eigenvalue weighted by Gasteiger charge is -2.34. The Labute approximate surface area is 179 Å². The first-order valence-electron chi connectivity index (χ1n) is 10.4. The van der Waals surface area contributed by atoms with Crippen LogP contribution in [0.25, 0.3) is 0 Å². The molecule has 2 aromatic carbocycles. The first kappa shape index (κ1) is 22.5. The Morgan fingerprint density at radius 3 is 2.20 bits per heavy atom. The summed E-state index contributed by atoms with van der Waals surface area (Å²) < 4.78 is 27.1. The predicted octanol–water partition coefficient (Wildman–Crippen LogP) is 1.67. The Hall–Kier alpha value is -2.22. The molecule has 2 N–H and O–H groups in total. The van der Waals surface area contributed by atoms with Gasteiger partial charge in [0.25, 0.3) is 5.91 Å². The number of carbonyl (C=O) groups is 1. The topological polar surface area (TPSA) is 70.9 Å². The van der Waals surface area contributed by atoms with Crippen molar-refractivity contribution >= 4 is 21.6 Å². The molecular formula is C23H32N3O3S+. The minimum Gasteiger partial charge on any atom is -0.323 e. The van der Waals surface area contributed by atoms with E-state index in [2.05, 4.69) is 17.4 Å². The van der Waals surface area contributed by atoms with Gasteiger partial charge in [-0.05, 0) is 44.4 Å². The molecule has 162 valence electrons. The van der Waals surface area contributed by atoms with Crippen LogP contribution >= 0.6 is 0 Å². The van der Waals surface area contributed by atoms with E-state index in [-0.39, 0.29) is 17.7 Å². The average molecular weight is 431 g/mol. The number of carbonyl (C=O) groups excluding carboxylic acids is 1. The third-order valence-electron chi connectivity index (χ3n) is 5.88. The number of hydrogen-bond donors (Lipinski definition) is 2. The largest absolute Gasteiger partial charge is 0.323 e. The van der Waals surface area contributed by atoms with Crippen molar-refractivity contribution in [1.82, 2.24) is 4.31 Å². The molecule has 1 fully saturated rings. The highest BCUT2D eigenvalue weighted by Crippen LogP contribution is 2.22. The van der Waals surface area contributed by atoms with Gasteiger partial charge in [-0.15, -0.1) is 0 Å². The highest BCUT2D eigenvalue weighted by molar-refractivity contribution is 7.88. The lowest BCUT2D eigenvalue weighted by molar-refractivity contribution is -0.917. The lowest BCUT2D eigenvalue weighted by atomic mass is 10.0. The van der Waals surface area contributed by atoms with E-state index in [1.807, 2.05) is 58.0 Å². The van der Waals surface area contributed by atoms with Gasteiger partial charge in [0.1, 0.15) is 0 Å². The number of amides is 1. The van der Waals surface area contributed by atoms with Gasteiger partial charge >= 0.3 is 0 Å². The van der Waals surface area contributed by atoms with Crippen molar-refractivity contribution in [3.63, 3.8) is 0 Å². The van der Waals surface area contributed by atoms with Crippen LogP contribution < -0.4 is 10.2 Å². The SMILES string of the molecule is Cc1cc(C)c(NC(=O)[C@@H](C)[NH+]2CCN(S(=O)(=O)Cc3ccccc3)CC2)c(C)c1. The first-order chi connectivity index (χ1) is 14.2. The number of rotatable bonds is 6. The van der Waals surface area contributed by atoms with E-state index >= 15 is 0 Å². The second kappa shape index (κ2) is 9.29. The molecule has 6 nitrogen and oxygen atoms in total. The van der Waals surface area contributed by atoms with Gasteiger partial charge in [-0.2, -0.15) is 4.31 Å². The molecule has 0 aromatic heterocycles. The smallest absolute Gasteiger partial charge is 0.282 e. The number of sulfonamides is 1. The minimum absolute atomic E-state index is 0.0190. The van der Waals surface area contributed by atoms with Crippen LogP contribution in [0.1, 0.15) is 29.2 Å². The molecular weight excluding hydrogens is 398 g/mol. The third kappa shape index (κ3) is 5.28. The Morgan fingerprint density at radius 1 is 1.07 bits per heavy atom. The highest BCUT2D eigenvalue weighted by atomic mass is 32.2. The van der Waals surface area contributed by atoms with Crippen molar-refractivity contribution in [3.8, 4) is 0 Å². The molecule has 1 aliphatic rings. The van der Waals surface area contributed by atoms with Crippen LogP contribution in [0.4, 0.5) is 5.69 Å². The summed E-state index contributed by atoms with van der Waals surface area (Å²) >= 11 is 0. The standard InChI is InChI=1S/C23H31N3O3S/c1-17-14-18(2)22(19(3)15-17)24-23(27)20(4)25-10-12-26(13-11-25)30(28,29)16-21-8-6-5-7-9-21/h5-9,14-15,20H,10-13,16H2,1-4H3,(H,24,27)/p+1/t20-/m1/s1. The summed E-state index contributed by atoms with van der Waals surface area (Å²) in [5.41, 5.74) is 4.96. The van der Waals surface area contributed by atoms with Crippen molar-refractivity contribution in [3.05, 3.63) is 64.7 Å². The molecule has 0 radical (unpaired) electrons. The molecule has 1 atom stereocenters. The molecule has 0 spiro atoms. The summed E-state index contributed by atoms with van der Waals surface area (Å²) in [6.07, 6.45) is 0. The quantitative estimate of drug-likeness (QED) is 0.732. The number of benzene rings is 2. The van der Waals surface area contributed by atoms with Crippen molar-refractivity contribution in [1.29, 1.82) is 0 Å². The fourth-order valence-corrected chi connectivity index (χ4v) is 5.69. The number of quaternary nitrogens is 1. The number of piperazine rings is 1. The zero-order valence-corrected chi connectivity index (χ0v) is 19.1. The predicted molar refractivity (Wildman–Crippen MR) is 120 cm³/mol. The fourth-order valence-electron chi connectivity index (χ4n) is 4.15. The summed E-state index contributed by atoms with van der Waals surface area (Å²) in [5, 5.41) is 3.09. The number of nitrogens with zero attached hydrogens (tertiary/aromatic N) is 1. The van der Waals surface area contributed by atoms with Gasteiger partial charge < -0.3 is 10.2 Å². The maximum Gasteiger partial charge on any atom is 0.282 e. The Morgan fingerprint density at radius 2 is 1.63 bits per heavy atom. The molecule has 3 rings (SSSR count). The molecule has 1 heterocycles. The molecule has 0 aliphatic carbocycles. The lowest BCUT2D eigenvalue weighted by Crippen LogP contribution is -3.19. The van der Waals surface area contributed by atoms with Crippen molar-refractivity contribution < 1.29 is 18.1 Å². The van der Waals surface area contributed by atoms with Crippen molar-refractivity contribution in [2.24, 2.45) is 0 Å². The second-order valence-electron chi connectivity index (χ2n) is 8.28. The van der Waals surface area contributed by atoms with Crippen molar-refractivity contribution in [2.75, 3.05) is 31.5 Å². The Balaban J connectivity index is 1.58. The van der Waals surface area contributed by atoms with Gasteiger partial charge in [0.2, 0.25) is 10.0 Å². The molecule has 0 saturated carbocycles. The van der Waals surface area contributed by atoms with Gasteiger partial charge in [-0.25, -0.2) is 8.42 Å². The number of anilines is 1. The van der Waals surface area contributed by atoms with Crippen LogP contribution in [-0.2, 0) is 20.6 Å². The van der Waals surface area contributed by atoms with Gasteiger partial charge in [-0.1, -0.05) is 48.0 Å². The monoisotopic (exact) mass is 430 g/mol. The van der Waals surface area contributed by atoms with Gasteiger partial charge in [-0.3, -0.25) is 4.79 Å². The zero-order valence-electron chi connectivity index (χ0n) is 18.2. The maximum absolute atomic E-state index is 12.9. The van der Waals surface area contributed by atoms with E-state index in [1.165, 1.54) is 5.56 Å². The van der Waals surface area contributed by atoms with Crippen LogP contribution in [0.2, 0.25) is 0 Å². The molecule has 0 unspecified atom stereocenters. The Bertz CT molecular complexity index is 975. The molecule has 30 heavy (non-hydrogen) atoms. The fraction of sp³-hybridized carbons (Fsp3) is 0.435. The Kier molecular flexibility index (Phi) is 6.95. The molecule has 0 bridgehead atoms. The maximum atomic E-state index is 12.9. The zero-order chi connectivity index (χ0) is 21.9. The van der Waals surface area contributed by atoms with Crippen LogP contribution in [0.15, 0.2) is 42.5 Å². The summed E-state index contributed by atoms with van der Waals surface area (Å²) in [4.78, 5) is 14.0. The average Bonchev–Trinajstić information content (AvgIpc) is 2.70. The first-order valence-corrected chi connectivity index (χ1v) is 12.0. The number of nitrogens with one attached hydrogen (secondary N) is 2. The summed E-state index contributed by atoms with van der Waals surface area (Å²) in [5.74, 6) is -0.00814. The van der Waals surface area contributed by atoms with E-state index in [0.29, 0.717) is 26.2 Å². The van der Waals surface area contributed by atoms with E-state index in [1.54, 1.807) is 4.31 Å². The summed E-state index contributed by atoms with van der Waals surface area (Å²) in [7, 11) is -3.35. The van der Waals surface area contributed by atoms with Gasteiger partial charge in [0.15, 0.2) is 6.04 Å². The number of aryl methyl sites for hydroxylation is 3. The normalized spacial score (nSPS) is 16.9. The molecule has 2 aromatic rings. The summed E-state index contributed by atoms with van der Waals surface area (Å²) in [6, 6.07) is 13.1. The highest BCUT2D eigenvalue weighted by Gasteiger charge is 2.33. The van der Waals surface area contributed by atoms with E-state index in [4.69, 9.17) is 0 Å². The molecule has 1 saturated heterocycles. The van der Waals surface area contributed by atoms with Gasteiger partial charge in [0.05, 0.1) is 31.9 Å². The van der Waals surface area contributed by atoms with Crippen LogP contribution in [0.5, 0.6) is 0 Å². The second-order valence-corrected chi connectivity index (χ2v) is 10.3. The minimum atomic E-state index is -3.35. The van der Waals surface area contributed by atoms with E-state index in [9.17, 15) is 13.2 Å². The van der Waals surface area contributed by atoms with E-state index < -0.39 is 10.0 Å². The van der Waals surface area contributed by atoms with Gasteiger partial charge in [0, 0.05) is 5.69 Å². The van der Waals surface area contributed by atoms with Crippen molar-refractivity contribution in [2.45, 2.75) is 39.5 Å². The van der Waals surface area contributed by atoms with Crippen LogP contribution in [0, 0.1) is 20.8 Å².